The Bertz CT molecular complexity index is 921. The molecule has 0 saturated carbocycles. The SMILES string of the molecule is CCCc1[nH]nc(-c2cccc(F)c2)c1NC(=O)c1cccc(OC)c1. The molecule has 0 aliphatic carbocycles. The monoisotopic (exact) mass is 353 g/mol. The lowest BCUT2D eigenvalue weighted by Gasteiger charge is -2.09. The largest absolute Gasteiger partial charge is 0.497 e. The summed E-state index contributed by atoms with van der Waals surface area (Å²) in [4.78, 5) is 12.7. The zero-order valence-corrected chi connectivity index (χ0v) is 14.7. The van der Waals surface area contributed by atoms with E-state index in [4.69, 9.17) is 4.74 Å². The first-order chi connectivity index (χ1) is 12.6. The number of aromatic amines is 1. The highest BCUT2D eigenvalue weighted by Gasteiger charge is 2.18. The van der Waals surface area contributed by atoms with Gasteiger partial charge in [0.05, 0.1) is 18.5 Å². The summed E-state index contributed by atoms with van der Waals surface area (Å²) in [6.07, 6.45) is 1.60. The fourth-order valence-corrected chi connectivity index (χ4v) is 2.74. The van der Waals surface area contributed by atoms with Crippen LogP contribution in [0.2, 0.25) is 0 Å². The van der Waals surface area contributed by atoms with Crippen LogP contribution in [0, 0.1) is 5.82 Å². The number of nitrogens with zero attached hydrogens (tertiary/aromatic N) is 1. The van der Waals surface area contributed by atoms with Gasteiger partial charge in [0.1, 0.15) is 17.3 Å². The number of ether oxygens (including phenoxy) is 1. The predicted molar refractivity (Wildman–Crippen MR) is 98.9 cm³/mol. The molecule has 0 unspecified atom stereocenters. The maximum Gasteiger partial charge on any atom is 0.255 e. The minimum atomic E-state index is -0.354. The molecule has 0 spiro atoms. The molecule has 0 aliphatic rings. The lowest BCUT2D eigenvalue weighted by molar-refractivity contribution is 0.102. The topological polar surface area (TPSA) is 67.0 Å². The molecule has 3 rings (SSSR count). The van der Waals surface area contributed by atoms with Gasteiger partial charge in [-0.2, -0.15) is 5.10 Å². The summed E-state index contributed by atoms with van der Waals surface area (Å²) in [6.45, 7) is 2.04. The molecule has 5 nitrogen and oxygen atoms in total. The van der Waals surface area contributed by atoms with Crippen LogP contribution in [-0.2, 0) is 6.42 Å². The summed E-state index contributed by atoms with van der Waals surface area (Å²) in [5, 5.41) is 10.2. The van der Waals surface area contributed by atoms with E-state index in [0.717, 1.165) is 18.5 Å². The van der Waals surface area contributed by atoms with Gasteiger partial charge in [-0.05, 0) is 36.8 Å². The van der Waals surface area contributed by atoms with Crippen molar-refractivity contribution in [2.24, 2.45) is 0 Å². The predicted octanol–water partition coefficient (Wildman–Crippen LogP) is 4.43. The molecule has 0 fully saturated rings. The van der Waals surface area contributed by atoms with E-state index in [0.29, 0.717) is 28.3 Å². The molecule has 0 atom stereocenters. The van der Waals surface area contributed by atoms with Crippen LogP contribution in [0.25, 0.3) is 11.3 Å². The Labute approximate surface area is 151 Å². The van der Waals surface area contributed by atoms with Gasteiger partial charge in [0.25, 0.3) is 5.91 Å². The maximum absolute atomic E-state index is 13.6. The van der Waals surface area contributed by atoms with E-state index in [1.54, 1.807) is 43.5 Å². The lowest BCUT2D eigenvalue weighted by atomic mass is 10.1. The van der Waals surface area contributed by atoms with Crippen LogP contribution in [0.1, 0.15) is 29.4 Å². The van der Waals surface area contributed by atoms with E-state index in [1.807, 2.05) is 6.92 Å². The van der Waals surface area contributed by atoms with Crippen molar-refractivity contribution in [1.29, 1.82) is 0 Å². The second-order valence-electron chi connectivity index (χ2n) is 5.87. The van der Waals surface area contributed by atoms with E-state index < -0.39 is 0 Å². The zero-order chi connectivity index (χ0) is 18.5. The Balaban J connectivity index is 1.97. The number of rotatable bonds is 6. The van der Waals surface area contributed by atoms with Gasteiger partial charge in [-0.3, -0.25) is 9.89 Å². The van der Waals surface area contributed by atoms with Crippen molar-refractivity contribution in [2.75, 3.05) is 12.4 Å². The Hall–Kier alpha value is -3.15. The van der Waals surface area contributed by atoms with E-state index in [9.17, 15) is 9.18 Å². The van der Waals surface area contributed by atoms with Crippen LogP contribution >= 0.6 is 0 Å². The van der Waals surface area contributed by atoms with Crippen molar-refractivity contribution in [3.63, 3.8) is 0 Å². The van der Waals surface area contributed by atoms with Crippen molar-refractivity contribution in [3.05, 3.63) is 65.6 Å². The molecule has 2 N–H and O–H groups in total. The quantitative estimate of drug-likeness (QED) is 0.689. The fourth-order valence-electron chi connectivity index (χ4n) is 2.74. The van der Waals surface area contributed by atoms with Crippen LogP contribution < -0.4 is 10.1 Å². The number of halogens is 1. The van der Waals surface area contributed by atoms with Crippen molar-refractivity contribution >= 4 is 11.6 Å². The zero-order valence-electron chi connectivity index (χ0n) is 14.7. The number of carbonyl (C=O) groups is 1. The summed E-state index contributed by atoms with van der Waals surface area (Å²) in [7, 11) is 1.55. The van der Waals surface area contributed by atoms with Crippen molar-refractivity contribution in [2.45, 2.75) is 19.8 Å². The molecular weight excluding hydrogens is 333 g/mol. The maximum atomic E-state index is 13.6. The van der Waals surface area contributed by atoms with Crippen LogP contribution in [0.5, 0.6) is 5.75 Å². The first kappa shape index (κ1) is 17.7. The normalized spacial score (nSPS) is 10.6. The van der Waals surface area contributed by atoms with E-state index in [-0.39, 0.29) is 11.7 Å². The smallest absolute Gasteiger partial charge is 0.255 e. The number of H-pyrrole nitrogens is 1. The number of methoxy groups -OCH3 is 1. The molecule has 0 bridgehead atoms. The molecular formula is C20H20FN3O2. The molecule has 0 saturated heterocycles. The fraction of sp³-hybridized carbons (Fsp3) is 0.200. The standard InChI is InChI=1S/C20H20FN3O2/c1-3-6-17-19(18(24-23-17)13-7-4-9-15(21)11-13)22-20(25)14-8-5-10-16(12-14)26-2/h4-5,7-12H,3,6H2,1-2H3,(H,22,25)(H,23,24). The second kappa shape index (κ2) is 7.82. The highest BCUT2D eigenvalue weighted by atomic mass is 19.1. The molecule has 0 aliphatic heterocycles. The summed E-state index contributed by atoms with van der Waals surface area (Å²) < 4.78 is 18.8. The van der Waals surface area contributed by atoms with E-state index in [1.165, 1.54) is 12.1 Å². The first-order valence-corrected chi connectivity index (χ1v) is 8.41. The van der Waals surface area contributed by atoms with Crippen LogP contribution in [0.4, 0.5) is 10.1 Å². The highest BCUT2D eigenvalue weighted by Crippen LogP contribution is 2.30. The lowest BCUT2D eigenvalue weighted by Crippen LogP contribution is -2.13. The Morgan fingerprint density at radius 2 is 2.04 bits per heavy atom. The third-order valence-electron chi connectivity index (χ3n) is 4.01. The minimum Gasteiger partial charge on any atom is -0.497 e. The number of nitrogens with one attached hydrogen (secondary N) is 2. The average Bonchev–Trinajstić information content (AvgIpc) is 3.04. The third kappa shape index (κ3) is 3.74. The number of aromatic nitrogens is 2. The number of carbonyl (C=O) groups excluding carboxylic acids is 1. The number of hydrogen-bond donors (Lipinski definition) is 2. The molecule has 2 aromatic carbocycles. The summed E-state index contributed by atoms with van der Waals surface area (Å²) in [5.74, 6) is -0.0306. The number of amides is 1. The van der Waals surface area contributed by atoms with Crippen LogP contribution in [0.3, 0.4) is 0 Å². The van der Waals surface area contributed by atoms with E-state index >= 15 is 0 Å². The molecule has 26 heavy (non-hydrogen) atoms. The summed E-state index contributed by atoms with van der Waals surface area (Å²) >= 11 is 0. The summed E-state index contributed by atoms with van der Waals surface area (Å²) in [5.41, 5.74) is 2.97. The number of benzene rings is 2. The molecule has 0 radical (unpaired) electrons. The number of hydrogen-bond acceptors (Lipinski definition) is 3. The van der Waals surface area contributed by atoms with Crippen molar-refractivity contribution in [3.8, 4) is 17.0 Å². The van der Waals surface area contributed by atoms with Gasteiger partial charge in [-0.15, -0.1) is 0 Å². The Morgan fingerprint density at radius 1 is 1.23 bits per heavy atom. The average molecular weight is 353 g/mol. The van der Waals surface area contributed by atoms with Crippen molar-refractivity contribution in [1.82, 2.24) is 10.2 Å². The molecule has 6 heteroatoms. The van der Waals surface area contributed by atoms with Crippen LogP contribution in [0.15, 0.2) is 48.5 Å². The summed E-state index contributed by atoms with van der Waals surface area (Å²) in [6, 6.07) is 13.0. The molecule has 3 aromatic rings. The van der Waals surface area contributed by atoms with Gasteiger partial charge < -0.3 is 10.1 Å². The second-order valence-corrected chi connectivity index (χ2v) is 5.87. The van der Waals surface area contributed by atoms with Gasteiger partial charge in [0.2, 0.25) is 0 Å². The van der Waals surface area contributed by atoms with Crippen LogP contribution in [-0.4, -0.2) is 23.2 Å². The minimum absolute atomic E-state index is 0.277. The van der Waals surface area contributed by atoms with Gasteiger partial charge in [-0.25, -0.2) is 4.39 Å². The Kier molecular flexibility index (Phi) is 5.31. The number of aryl methyl sites for hydroxylation is 1. The molecule has 1 heterocycles. The molecule has 134 valence electrons. The van der Waals surface area contributed by atoms with Gasteiger partial charge in [0, 0.05) is 11.1 Å². The Morgan fingerprint density at radius 3 is 2.77 bits per heavy atom. The highest BCUT2D eigenvalue weighted by molar-refractivity contribution is 6.06. The van der Waals surface area contributed by atoms with Gasteiger partial charge in [-0.1, -0.05) is 31.5 Å². The van der Waals surface area contributed by atoms with Crippen molar-refractivity contribution < 1.29 is 13.9 Å². The van der Waals surface area contributed by atoms with E-state index in [2.05, 4.69) is 15.5 Å². The van der Waals surface area contributed by atoms with Gasteiger partial charge in [0.15, 0.2) is 0 Å². The van der Waals surface area contributed by atoms with Gasteiger partial charge >= 0.3 is 0 Å². The number of anilines is 1. The molecule has 1 aromatic heterocycles. The first-order valence-electron chi connectivity index (χ1n) is 8.41. The third-order valence-corrected chi connectivity index (χ3v) is 4.01. The molecule has 1 amide bonds.